The predicted molar refractivity (Wildman–Crippen MR) is 52.7 cm³/mol. The molecule has 1 aromatic rings. The maximum absolute atomic E-state index is 12.5. The molecule has 4 N–H and O–H groups in total. The summed E-state index contributed by atoms with van der Waals surface area (Å²) in [6.07, 6.45) is -2.00. The Morgan fingerprint density at radius 2 is 2.00 bits per heavy atom. The van der Waals surface area contributed by atoms with E-state index < -0.39 is 32.7 Å². The molecule has 0 atom stereocenters. The summed E-state index contributed by atoms with van der Waals surface area (Å²) >= 11 is 2.79. The third-order valence-electron chi connectivity index (χ3n) is 1.56. The van der Waals surface area contributed by atoms with Gasteiger partial charge in [-0.1, -0.05) is 0 Å². The molecule has 0 unspecified atom stereocenters. The van der Waals surface area contributed by atoms with Gasteiger partial charge < -0.3 is 5.73 Å². The smallest absolute Gasteiger partial charge is 0.267 e. The molecule has 1 heterocycles. The van der Waals surface area contributed by atoms with Crippen LogP contribution in [0.1, 0.15) is 12.0 Å². The lowest BCUT2D eigenvalue weighted by Gasteiger charge is -2.09. The Bertz CT molecular complexity index is 491. The van der Waals surface area contributed by atoms with E-state index in [-0.39, 0.29) is 4.47 Å². The molecule has 0 saturated heterocycles. The number of anilines is 1. The summed E-state index contributed by atoms with van der Waals surface area (Å²) in [7, 11) is -4.20. The van der Waals surface area contributed by atoms with Crippen molar-refractivity contribution in [1.82, 2.24) is 4.98 Å². The van der Waals surface area contributed by atoms with Crippen LogP contribution in [0.25, 0.3) is 0 Å². The molecule has 1 rings (SSSR count). The Morgan fingerprint density at radius 3 is 2.40 bits per heavy atom. The van der Waals surface area contributed by atoms with E-state index in [9.17, 15) is 17.2 Å². The maximum Gasteiger partial charge on any atom is 0.267 e. The Labute approximate surface area is 92.7 Å². The summed E-state index contributed by atoms with van der Waals surface area (Å²) in [4.78, 5) is 3.37. The number of halogens is 3. The van der Waals surface area contributed by atoms with E-state index in [1.165, 1.54) is 0 Å². The van der Waals surface area contributed by atoms with Crippen molar-refractivity contribution >= 4 is 31.6 Å². The minimum Gasteiger partial charge on any atom is -0.396 e. The van der Waals surface area contributed by atoms with Gasteiger partial charge in [0.05, 0.1) is 11.3 Å². The van der Waals surface area contributed by atoms with Crippen molar-refractivity contribution in [1.29, 1.82) is 0 Å². The van der Waals surface area contributed by atoms with Gasteiger partial charge in [0, 0.05) is 10.7 Å². The first kappa shape index (κ1) is 12.3. The number of rotatable bonds is 2. The van der Waals surface area contributed by atoms with E-state index in [2.05, 4.69) is 20.9 Å². The van der Waals surface area contributed by atoms with Crippen molar-refractivity contribution in [3.63, 3.8) is 0 Å². The fourth-order valence-corrected chi connectivity index (χ4v) is 2.05. The lowest BCUT2D eigenvalue weighted by Crippen LogP contribution is -2.17. The maximum atomic E-state index is 12.5. The molecule has 0 radical (unpaired) electrons. The molecule has 15 heavy (non-hydrogen) atoms. The fraction of sp³-hybridized carbons (Fsp3) is 0.167. The topological polar surface area (TPSA) is 99.1 Å². The quantitative estimate of drug-likeness (QED) is 0.851. The van der Waals surface area contributed by atoms with Crippen LogP contribution in [-0.2, 0) is 10.0 Å². The number of nitrogens with zero attached hydrogens (tertiary/aromatic N) is 1. The number of hydrogen-bond donors (Lipinski definition) is 2. The van der Waals surface area contributed by atoms with Gasteiger partial charge in [0.2, 0.25) is 0 Å². The van der Waals surface area contributed by atoms with E-state index in [4.69, 9.17) is 10.9 Å². The van der Waals surface area contributed by atoms with Gasteiger partial charge in [-0.2, -0.15) is 0 Å². The molecular weight excluding hydrogens is 296 g/mol. The average Bonchev–Trinajstić information content (AvgIpc) is 2.00. The number of primary sulfonamides is 1. The monoisotopic (exact) mass is 301 g/mol. The number of nitrogens with two attached hydrogens (primary N) is 2. The second-order valence-corrected chi connectivity index (χ2v) is 4.92. The molecule has 1 aromatic heterocycles. The van der Waals surface area contributed by atoms with E-state index in [1.807, 2.05) is 0 Å². The first-order valence-electron chi connectivity index (χ1n) is 3.50. The summed E-state index contributed by atoms with van der Waals surface area (Å²) in [6.45, 7) is 0. The third-order valence-corrected chi connectivity index (χ3v) is 3.06. The minimum atomic E-state index is -4.20. The molecule has 0 fully saturated rings. The third kappa shape index (κ3) is 2.41. The summed E-state index contributed by atoms with van der Waals surface area (Å²) in [5, 5.41) is 4.00. The molecule has 0 amide bonds. The number of nitrogen functional groups attached to an aromatic ring is 1. The number of alkyl halides is 2. The zero-order valence-corrected chi connectivity index (χ0v) is 9.52. The van der Waals surface area contributed by atoms with Crippen LogP contribution < -0.4 is 10.9 Å². The van der Waals surface area contributed by atoms with Crippen molar-refractivity contribution in [3.8, 4) is 0 Å². The highest BCUT2D eigenvalue weighted by molar-refractivity contribution is 9.10. The van der Waals surface area contributed by atoms with Gasteiger partial charge in [-0.05, 0) is 15.9 Å². The molecule has 0 saturated carbocycles. The van der Waals surface area contributed by atoms with Crippen molar-refractivity contribution < 1.29 is 17.2 Å². The number of sulfonamides is 1. The highest BCUT2D eigenvalue weighted by atomic mass is 79.9. The normalized spacial score (nSPS) is 12.1. The zero-order chi connectivity index (χ0) is 11.8. The molecule has 0 aliphatic heterocycles. The van der Waals surface area contributed by atoms with Gasteiger partial charge in [-0.15, -0.1) is 0 Å². The van der Waals surface area contributed by atoms with Gasteiger partial charge in [0.1, 0.15) is 0 Å². The molecule has 0 aliphatic rings. The second-order valence-electron chi connectivity index (χ2n) is 2.58. The highest BCUT2D eigenvalue weighted by Crippen LogP contribution is 2.34. The lowest BCUT2D eigenvalue weighted by atomic mass is 10.2. The average molecular weight is 302 g/mol. The summed E-state index contributed by atoms with van der Waals surface area (Å²) in [6, 6.07) is 0. The van der Waals surface area contributed by atoms with Crippen LogP contribution in [-0.4, -0.2) is 13.4 Å². The summed E-state index contributed by atoms with van der Waals surface area (Å²) < 4.78 is 46.7. The largest absolute Gasteiger partial charge is 0.396 e. The summed E-state index contributed by atoms with van der Waals surface area (Å²) in [5.74, 6) is 0. The Morgan fingerprint density at radius 1 is 1.47 bits per heavy atom. The van der Waals surface area contributed by atoms with E-state index in [0.29, 0.717) is 0 Å². The minimum absolute atomic E-state index is 0.0672. The lowest BCUT2D eigenvalue weighted by molar-refractivity contribution is 0.151. The Hall–Kier alpha value is -0.800. The van der Waals surface area contributed by atoms with Crippen molar-refractivity contribution in [2.75, 3.05) is 5.73 Å². The molecule has 0 bridgehead atoms. The van der Waals surface area contributed by atoms with Gasteiger partial charge >= 0.3 is 0 Å². The van der Waals surface area contributed by atoms with Crippen LogP contribution >= 0.6 is 15.9 Å². The van der Waals surface area contributed by atoms with Crippen molar-refractivity contribution in [2.24, 2.45) is 5.14 Å². The summed E-state index contributed by atoms with van der Waals surface area (Å²) in [5.41, 5.74) is 3.97. The van der Waals surface area contributed by atoms with Crippen LogP contribution in [0.2, 0.25) is 0 Å². The Kier molecular flexibility index (Phi) is 3.26. The van der Waals surface area contributed by atoms with Crippen LogP contribution in [0.5, 0.6) is 0 Å². The molecule has 0 aliphatic carbocycles. The van der Waals surface area contributed by atoms with Gasteiger partial charge in [0.15, 0.2) is 5.03 Å². The first-order chi connectivity index (χ1) is 6.75. The van der Waals surface area contributed by atoms with E-state index >= 15 is 0 Å². The molecular formula is C6H6BrF2N3O2S. The predicted octanol–water partition coefficient (Wildman–Crippen LogP) is 1.01. The molecule has 0 aromatic carbocycles. The Balaban J connectivity index is 3.56. The highest BCUT2D eigenvalue weighted by Gasteiger charge is 2.23. The van der Waals surface area contributed by atoms with Crippen LogP contribution in [0.4, 0.5) is 14.5 Å². The fourth-order valence-electron chi connectivity index (χ4n) is 0.947. The molecule has 84 valence electrons. The number of hydrogen-bond acceptors (Lipinski definition) is 4. The SMILES string of the molecule is Nc1c(S(N)(=O)=O)ncc(Br)c1C(F)F. The standard InChI is InChI=1S/C6H6BrF2N3O2S/c7-2-1-12-6(15(11,13)14)4(10)3(2)5(8)9/h1,5H,10H2,(H2,11,13,14). The van der Waals surface area contributed by atoms with E-state index in [1.54, 1.807) is 0 Å². The van der Waals surface area contributed by atoms with Crippen molar-refractivity contribution in [3.05, 3.63) is 16.2 Å². The second kappa shape index (κ2) is 3.99. The number of pyridine rings is 1. The van der Waals surface area contributed by atoms with Crippen LogP contribution in [0, 0.1) is 0 Å². The first-order valence-corrected chi connectivity index (χ1v) is 5.84. The van der Waals surface area contributed by atoms with E-state index in [0.717, 1.165) is 6.20 Å². The molecule has 9 heteroatoms. The van der Waals surface area contributed by atoms with Gasteiger partial charge in [0.25, 0.3) is 16.4 Å². The van der Waals surface area contributed by atoms with Crippen molar-refractivity contribution in [2.45, 2.75) is 11.5 Å². The van der Waals surface area contributed by atoms with Crippen LogP contribution in [0.3, 0.4) is 0 Å². The molecule has 0 spiro atoms. The van der Waals surface area contributed by atoms with Gasteiger partial charge in [-0.3, -0.25) is 0 Å². The van der Waals surface area contributed by atoms with Crippen LogP contribution in [0.15, 0.2) is 15.7 Å². The molecule has 5 nitrogen and oxygen atoms in total. The number of aromatic nitrogens is 1. The zero-order valence-electron chi connectivity index (χ0n) is 7.12. The van der Waals surface area contributed by atoms with Gasteiger partial charge in [-0.25, -0.2) is 27.3 Å².